The van der Waals surface area contributed by atoms with Gasteiger partial charge in [0.05, 0.1) is 5.69 Å². The number of esters is 1. The first-order valence-corrected chi connectivity index (χ1v) is 11.4. The zero-order valence-corrected chi connectivity index (χ0v) is 18.8. The summed E-state index contributed by atoms with van der Waals surface area (Å²) >= 11 is 7.67. The van der Waals surface area contributed by atoms with Gasteiger partial charge < -0.3 is 14.6 Å². The summed E-state index contributed by atoms with van der Waals surface area (Å²) < 4.78 is 10.8. The molecule has 0 radical (unpaired) electrons. The van der Waals surface area contributed by atoms with Gasteiger partial charge in [-0.2, -0.15) is 4.98 Å². The Kier molecular flexibility index (Phi) is 8.48. The molecule has 0 unspecified atom stereocenters. The summed E-state index contributed by atoms with van der Waals surface area (Å²) in [6, 6.07) is 1.91. The molecule has 0 bridgehead atoms. The summed E-state index contributed by atoms with van der Waals surface area (Å²) in [5.74, 6) is -0.267. The Hall–Kier alpha value is -2.39. The molecule has 166 valence electrons. The zero-order valence-electron chi connectivity index (χ0n) is 17.2. The molecule has 0 aromatic carbocycles. The van der Waals surface area contributed by atoms with Gasteiger partial charge in [0, 0.05) is 35.9 Å². The van der Waals surface area contributed by atoms with Crippen LogP contribution < -0.4 is 4.74 Å². The van der Waals surface area contributed by atoms with Gasteiger partial charge in [-0.25, -0.2) is 9.97 Å². The average molecular weight is 466 g/mol. The van der Waals surface area contributed by atoms with Gasteiger partial charge in [-0.05, 0) is 50.7 Å². The predicted molar refractivity (Wildman–Crippen MR) is 115 cm³/mol. The number of carbonyl (C=O) groups excluding carboxylic acids is 1. The summed E-state index contributed by atoms with van der Waals surface area (Å²) in [5, 5.41) is 9.67. The number of fused-ring (bicyclic) bond motifs is 1. The molecule has 31 heavy (non-hydrogen) atoms. The van der Waals surface area contributed by atoms with E-state index in [0.717, 1.165) is 41.6 Å². The molecular formula is C21H24ClN3O5S. The predicted octanol–water partition coefficient (Wildman–Crippen LogP) is 4.14. The molecule has 0 aliphatic heterocycles. The first kappa shape index (κ1) is 23.3. The maximum atomic E-state index is 11.8. The van der Waals surface area contributed by atoms with Crippen molar-refractivity contribution in [3.05, 3.63) is 39.8 Å². The fourth-order valence-electron chi connectivity index (χ4n) is 3.19. The van der Waals surface area contributed by atoms with E-state index in [9.17, 15) is 9.59 Å². The number of unbranched alkanes of at least 4 members (excludes halogenated alkanes) is 1. The lowest BCUT2D eigenvalue weighted by molar-refractivity contribution is -0.150. The molecule has 1 N–H and O–H groups in total. The minimum Gasteiger partial charge on any atom is -0.481 e. The molecule has 0 saturated heterocycles. The van der Waals surface area contributed by atoms with Crippen molar-refractivity contribution in [1.82, 2.24) is 15.0 Å². The van der Waals surface area contributed by atoms with Crippen LogP contribution in [0.4, 0.5) is 0 Å². The average Bonchev–Trinajstić information content (AvgIpc) is 3.19. The minimum absolute atomic E-state index is 0.0427. The highest BCUT2D eigenvalue weighted by Gasteiger charge is 2.21. The van der Waals surface area contributed by atoms with E-state index in [1.807, 2.05) is 13.0 Å². The maximum Gasteiger partial charge on any atom is 0.308 e. The van der Waals surface area contributed by atoms with Gasteiger partial charge in [-0.3, -0.25) is 9.59 Å². The van der Waals surface area contributed by atoms with Crippen LogP contribution in [0, 0.1) is 6.92 Å². The number of ether oxygens (including phenoxy) is 2. The number of aromatic nitrogens is 3. The molecule has 1 aliphatic carbocycles. The van der Waals surface area contributed by atoms with Crippen molar-refractivity contribution in [2.45, 2.75) is 62.8 Å². The Morgan fingerprint density at radius 1 is 1.23 bits per heavy atom. The van der Waals surface area contributed by atoms with Crippen LogP contribution in [0.25, 0.3) is 0 Å². The van der Waals surface area contributed by atoms with E-state index >= 15 is 0 Å². The number of aryl methyl sites for hydroxylation is 2. The number of nitrogens with zero attached hydrogens (tertiary/aromatic N) is 3. The molecule has 2 aromatic heterocycles. The molecule has 3 rings (SSSR count). The Balaban J connectivity index is 1.56. The Morgan fingerprint density at radius 2 is 2.03 bits per heavy atom. The Morgan fingerprint density at radius 3 is 2.81 bits per heavy atom. The second-order valence-corrected chi connectivity index (χ2v) is 8.46. The molecule has 10 heteroatoms. The van der Waals surface area contributed by atoms with Gasteiger partial charge in [-0.1, -0.05) is 23.4 Å². The van der Waals surface area contributed by atoms with Gasteiger partial charge in [0.1, 0.15) is 5.15 Å². The first-order chi connectivity index (χ1) is 14.9. The molecule has 0 spiro atoms. The number of halogens is 1. The van der Waals surface area contributed by atoms with Crippen LogP contribution in [-0.2, 0) is 32.9 Å². The summed E-state index contributed by atoms with van der Waals surface area (Å²) in [6.45, 7) is 1.75. The molecule has 0 fully saturated rings. The molecular weight excluding hydrogens is 442 g/mol. The maximum absolute atomic E-state index is 11.8. The van der Waals surface area contributed by atoms with E-state index < -0.39 is 11.9 Å². The highest BCUT2D eigenvalue weighted by atomic mass is 35.5. The fourth-order valence-corrected chi connectivity index (χ4v) is 4.51. The molecule has 2 aromatic rings. The van der Waals surface area contributed by atoms with Crippen LogP contribution in [0.3, 0.4) is 0 Å². The van der Waals surface area contributed by atoms with Gasteiger partial charge in [0.2, 0.25) is 12.7 Å². The largest absolute Gasteiger partial charge is 0.481 e. The van der Waals surface area contributed by atoms with Gasteiger partial charge in [0.15, 0.2) is 5.16 Å². The van der Waals surface area contributed by atoms with Gasteiger partial charge in [-0.15, -0.1) is 0 Å². The van der Waals surface area contributed by atoms with E-state index in [-0.39, 0.29) is 19.6 Å². The molecule has 0 amide bonds. The Bertz CT molecular complexity index is 937. The number of thioether (sulfide) groups is 1. The number of carboxylic acid groups (broad SMARTS) is 1. The van der Waals surface area contributed by atoms with Crippen LogP contribution >= 0.6 is 23.4 Å². The number of carboxylic acids is 1. The smallest absolute Gasteiger partial charge is 0.308 e. The number of aliphatic carboxylic acids is 1. The van der Waals surface area contributed by atoms with Crippen molar-refractivity contribution in [2.75, 3.05) is 6.79 Å². The number of pyridine rings is 1. The quantitative estimate of drug-likeness (QED) is 0.131. The van der Waals surface area contributed by atoms with E-state index in [2.05, 4.69) is 15.0 Å². The van der Waals surface area contributed by atoms with Crippen molar-refractivity contribution in [3.63, 3.8) is 0 Å². The SMILES string of the molecule is Cc1ccnc(Cl)c1CSc1nc2c(c(OCOC(=O)CCCCC(=O)O)n1)CCC2. The van der Waals surface area contributed by atoms with Crippen LogP contribution in [-0.4, -0.2) is 38.8 Å². The van der Waals surface area contributed by atoms with E-state index in [4.69, 9.17) is 26.2 Å². The third kappa shape index (κ3) is 6.80. The van der Waals surface area contributed by atoms with Crippen molar-refractivity contribution in [1.29, 1.82) is 0 Å². The van der Waals surface area contributed by atoms with Crippen molar-refractivity contribution < 1.29 is 24.2 Å². The van der Waals surface area contributed by atoms with Gasteiger partial charge >= 0.3 is 11.9 Å². The third-order valence-electron chi connectivity index (χ3n) is 4.89. The number of hydrogen-bond donors (Lipinski definition) is 1. The number of hydrogen-bond acceptors (Lipinski definition) is 8. The van der Waals surface area contributed by atoms with Crippen molar-refractivity contribution in [2.24, 2.45) is 0 Å². The summed E-state index contributed by atoms with van der Waals surface area (Å²) in [4.78, 5) is 35.6. The summed E-state index contributed by atoms with van der Waals surface area (Å²) in [6.07, 6.45) is 5.44. The zero-order chi connectivity index (χ0) is 22.2. The minimum atomic E-state index is -0.871. The second-order valence-electron chi connectivity index (χ2n) is 7.16. The summed E-state index contributed by atoms with van der Waals surface area (Å²) in [7, 11) is 0. The fraction of sp³-hybridized carbons (Fsp3) is 0.476. The van der Waals surface area contributed by atoms with Crippen LogP contribution in [0.2, 0.25) is 5.15 Å². The topological polar surface area (TPSA) is 112 Å². The first-order valence-electron chi connectivity index (χ1n) is 10.1. The third-order valence-corrected chi connectivity index (χ3v) is 6.09. The Labute approximate surface area is 189 Å². The lowest BCUT2D eigenvalue weighted by Crippen LogP contribution is -2.12. The molecule has 0 saturated carbocycles. The van der Waals surface area contributed by atoms with E-state index in [0.29, 0.717) is 34.8 Å². The molecule has 2 heterocycles. The van der Waals surface area contributed by atoms with E-state index in [1.165, 1.54) is 11.8 Å². The monoisotopic (exact) mass is 465 g/mol. The van der Waals surface area contributed by atoms with Crippen LogP contribution in [0.15, 0.2) is 17.4 Å². The standard InChI is InChI=1S/C21H24ClN3O5S/c1-13-9-10-23-19(22)15(13)11-31-21-24-16-6-4-5-14(16)20(25-21)30-12-29-18(28)8-3-2-7-17(26)27/h9-10H,2-8,11-12H2,1H3,(H,26,27). The lowest BCUT2D eigenvalue weighted by atomic mass is 10.2. The second kappa shape index (κ2) is 11.3. The highest BCUT2D eigenvalue weighted by molar-refractivity contribution is 7.98. The normalized spacial score (nSPS) is 12.5. The number of carbonyl (C=O) groups is 2. The highest BCUT2D eigenvalue weighted by Crippen LogP contribution is 2.32. The molecule has 1 aliphatic rings. The summed E-state index contributed by atoms with van der Waals surface area (Å²) in [5.41, 5.74) is 3.91. The van der Waals surface area contributed by atoms with Crippen LogP contribution in [0.1, 0.15) is 54.5 Å². The number of rotatable bonds is 11. The van der Waals surface area contributed by atoms with E-state index in [1.54, 1.807) is 6.20 Å². The molecule has 0 atom stereocenters. The lowest BCUT2D eigenvalue weighted by Gasteiger charge is -2.12. The van der Waals surface area contributed by atoms with Crippen molar-refractivity contribution in [3.8, 4) is 5.88 Å². The van der Waals surface area contributed by atoms with Crippen LogP contribution in [0.5, 0.6) is 5.88 Å². The van der Waals surface area contributed by atoms with Crippen molar-refractivity contribution >= 4 is 35.3 Å². The molecule has 8 nitrogen and oxygen atoms in total. The van der Waals surface area contributed by atoms with Gasteiger partial charge in [0.25, 0.3) is 0 Å².